The van der Waals surface area contributed by atoms with Crippen LogP contribution in [0.5, 0.6) is 0 Å². The molecule has 0 unspecified atom stereocenters. The van der Waals surface area contributed by atoms with Crippen LogP contribution in [0.1, 0.15) is 110 Å². The second kappa shape index (κ2) is 14.3. The Hall–Kier alpha value is -0.790. The molecule has 0 heterocycles. The average Bonchev–Trinajstić information content (AvgIpc) is 2.68. The SMILES string of the molecule is [2H]C([2H])([2H])C([2H])([2H])C([2H])([2H])C([2H])([2H])C([2H])([2H])C([2H])([2H])C([2H])([2H])C([2H])([2H])C([2H])([2H])/C=C/CCCCC(=O)O. The fourth-order valence-electron chi connectivity index (χ4n) is 0.915. The summed E-state index contributed by atoms with van der Waals surface area (Å²) in [6, 6.07) is 0. The Kier molecular flexibility index (Phi) is 2.89. The molecule has 2 nitrogen and oxygen atoms in total. The molecule has 18 heavy (non-hydrogen) atoms. The normalized spacial score (nSPS) is 33.9. The summed E-state index contributed by atoms with van der Waals surface area (Å²) in [5.74, 6) is -1.07. The number of carbonyl (C=O) groups is 1. The maximum Gasteiger partial charge on any atom is 0.303 e. The lowest BCUT2D eigenvalue weighted by Gasteiger charge is -1.99. The molecule has 0 aliphatic carbocycles. The van der Waals surface area contributed by atoms with Crippen LogP contribution in [0.15, 0.2) is 12.2 Å². The first kappa shape index (κ1) is 3.65. The monoisotopic (exact) mass is 273 g/mol. The quantitative estimate of drug-likeness (QED) is 0.364. The smallest absolute Gasteiger partial charge is 0.303 e. The van der Waals surface area contributed by atoms with Gasteiger partial charge in [-0.25, -0.2) is 0 Å². The van der Waals surface area contributed by atoms with Gasteiger partial charge in [0.15, 0.2) is 0 Å². The van der Waals surface area contributed by atoms with Gasteiger partial charge in [0.1, 0.15) is 0 Å². The van der Waals surface area contributed by atoms with Gasteiger partial charge in [-0.15, -0.1) is 0 Å². The second-order valence-electron chi connectivity index (χ2n) is 3.06. The molecule has 0 aliphatic rings. The summed E-state index contributed by atoms with van der Waals surface area (Å²) in [6.45, 7) is -3.87. The summed E-state index contributed by atoms with van der Waals surface area (Å²) >= 11 is 0. The van der Waals surface area contributed by atoms with Crippen molar-refractivity contribution in [2.45, 2.75) is 83.5 Å². The first-order valence-electron chi connectivity index (χ1n) is 14.8. The molecule has 0 spiro atoms. The fourth-order valence-corrected chi connectivity index (χ4v) is 0.915. The highest BCUT2D eigenvalue weighted by Crippen LogP contribution is 2.09. The molecule has 1 N–H and O–H groups in total. The van der Waals surface area contributed by atoms with E-state index in [-0.39, 0.29) is 25.7 Å². The molecule has 0 amide bonds. The minimum absolute atomic E-state index is 0.0343. The van der Waals surface area contributed by atoms with E-state index in [0.717, 1.165) is 6.08 Å². The van der Waals surface area contributed by atoms with Crippen molar-refractivity contribution in [3.05, 3.63) is 12.2 Å². The molecule has 0 aliphatic heterocycles. The minimum atomic E-state index is -4.46. The van der Waals surface area contributed by atoms with Crippen molar-refractivity contribution in [2.75, 3.05) is 0 Å². The van der Waals surface area contributed by atoms with Gasteiger partial charge in [0.05, 0.1) is 0 Å². The highest BCUT2D eigenvalue weighted by molar-refractivity contribution is 5.66. The summed E-state index contributed by atoms with van der Waals surface area (Å²) < 4.78 is 148. The second-order valence-corrected chi connectivity index (χ2v) is 3.06. The number of unbranched alkanes of at least 4 members (excludes halogenated alkanes) is 2. The number of allylic oxidation sites excluding steroid dienone is 2. The van der Waals surface area contributed by atoms with Crippen molar-refractivity contribution in [2.24, 2.45) is 0 Å². The molecule has 0 aromatic carbocycles. The summed E-state index contributed by atoms with van der Waals surface area (Å²) in [6.07, 6.45) is -31.4. The zero-order chi connectivity index (χ0) is 30.3. The lowest BCUT2D eigenvalue weighted by Crippen LogP contribution is -1.92. The molecule has 0 radical (unpaired) electrons. The van der Waals surface area contributed by atoms with Crippen LogP contribution >= 0.6 is 0 Å². The van der Waals surface area contributed by atoms with Crippen molar-refractivity contribution < 1.29 is 35.9 Å². The number of aliphatic carboxylic acids is 1. The maximum absolute atomic E-state index is 10.5. The van der Waals surface area contributed by atoms with E-state index in [4.69, 9.17) is 31.2 Å². The topological polar surface area (TPSA) is 37.3 Å². The Labute approximate surface area is 139 Å². The van der Waals surface area contributed by atoms with Gasteiger partial charge in [-0.2, -0.15) is 0 Å². The predicted molar refractivity (Wildman–Crippen MR) is 77.9 cm³/mol. The van der Waals surface area contributed by atoms with Crippen LogP contribution in [0, 0.1) is 0 Å². The predicted octanol–water partition coefficient (Wildman–Crippen LogP) is 5.33. The van der Waals surface area contributed by atoms with Crippen LogP contribution in [0.3, 0.4) is 0 Å². The van der Waals surface area contributed by atoms with Crippen LogP contribution in [-0.4, -0.2) is 11.1 Å². The van der Waals surface area contributed by atoms with Crippen molar-refractivity contribution in [3.63, 3.8) is 0 Å². The number of carboxylic acids is 1. The number of hydrogen-bond donors (Lipinski definition) is 1. The van der Waals surface area contributed by atoms with Gasteiger partial charge in [-0.3, -0.25) is 4.79 Å². The zero-order valence-electron chi connectivity index (χ0n) is 28.8. The van der Waals surface area contributed by atoms with Crippen LogP contribution in [0.25, 0.3) is 0 Å². The van der Waals surface area contributed by atoms with Crippen molar-refractivity contribution in [1.29, 1.82) is 0 Å². The van der Waals surface area contributed by atoms with Gasteiger partial charge in [-0.1, -0.05) is 57.2 Å². The van der Waals surface area contributed by atoms with Crippen LogP contribution in [-0.2, 0) is 4.79 Å². The largest absolute Gasteiger partial charge is 0.481 e. The lowest BCUT2D eigenvalue weighted by molar-refractivity contribution is -0.137. The van der Waals surface area contributed by atoms with E-state index in [1.807, 2.05) is 0 Å². The standard InChI is InChI=1S/C16H30O2/c1-2-3-4-5-6-7-8-9-10-11-12-13-14-15-16(17)18/h10-11H,2-9,12-15H2,1H3,(H,17,18)/b11-10+/i1D3,2D2,3D2,4D2,5D2,6D2,7D2,8D2,9D2. The van der Waals surface area contributed by atoms with Crippen molar-refractivity contribution >= 4 is 5.97 Å². The Bertz CT molecular complexity index is 840. The van der Waals surface area contributed by atoms with Crippen LogP contribution < -0.4 is 0 Å². The van der Waals surface area contributed by atoms with Crippen molar-refractivity contribution in [3.8, 4) is 0 Å². The Morgan fingerprint density at radius 2 is 1.83 bits per heavy atom. The molecule has 0 aromatic rings. The van der Waals surface area contributed by atoms with E-state index in [1.54, 1.807) is 0 Å². The minimum Gasteiger partial charge on any atom is -0.481 e. The zero-order valence-corrected chi connectivity index (χ0v) is 9.84. The van der Waals surface area contributed by atoms with Gasteiger partial charge in [0, 0.05) is 32.5 Å². The molecule has 106 valence electrons. The Morgan fingerprint density at radius 3 is 2.56 bits per heavy atom. The molecular formula is C16H30O2. The highest BCUT2D eigenvalue weighted by atomic mass is 16.4. The molecular weight excluding hydrogens is 224 g/mol. The molecule has 0 saturated carbocycles. The summed E-state index contributed by atoms with van der Waals surface area (Å²) in [7, 11) is 0. The number of rotatable bonds is 13. The van der Waals surface area contributed by atoms with Gasteiger partial charge >= 0.3 is 5.97 Å². The Balaban J connectivity index is 6.46. The van der Waals surface area contributed by atoms with E-state index in [0.29, 0.717) is 6.08 Å². The molecule has 2 heteroatoms. The van der Waals surface area contributed by atoms with E-state index in [2.05, 4.69) is 0 Å². The van der Waals surface area contributed by atoms with E-state index >= 15 is 0 Å². The Morgan fingerprint density at radius 1 is 1.11 bits per heavy atom. The van der Waals surface area contributed by atoms with E-state index in [9.17, 15) is 4.79 Å². The number of hydrogen-bond acceptors (Lipinski definition) is 1. The van der Waals surface area contributed by atoms with Crippen LogP contribution in [0.2, 0.25) is 0 Å². The fraction of sp³-hybridized carbons (Fsp3) is 0.812. The molecule has 0 atom stereocenters. The van der Waals surface area contributed by atoms with Gasteiger partial charge < -0.3 is 5.11 Å². The summed E-state index contributed by atoms with van der Waals surface area (Å²) in [5, 5.41) is 8.59. The number of carboxylic acid groups (broad SMARTS) is 1. The molecule has 0 saturated heterocycles. The third-order valence-electron chi connectivity index (χ3n) is 1.66. The molecule has 0 aromatic heterocycles. The van der Waals surface area contributed by atoms with Gasteiger partial charge in [0.2, 0.25) is 0 Å². The summed E-state index contributed by atoms with van der Waals surface area (Å²) in [4.78, 5) is 10.5. The van der Waals surface area contributed by atoms with E-state index < -0.39 is 63.8 Å². The van der Waals surface area contributed by atoms with E-state index in [1.165, 1.54) is 0 Å². The van der Waals surface area contributed by atoms with Gasteiger partial charge in [-0.05, 0) is 32.0 Å². The first-order chi connectivity index (χ1) is 15.9. The average molecular weight is 274 g/mol. The molecule has 0 fully saturated rings. The molecule has 0 rings (SSSR count). The van der Waals surface area contributed by atoms with Crippen LogP contribution in [0.4, 0.5) is 0 Å². The van der Waals surface area contributed by atoms with Crippen molar-refractivity contribution in [1.82, 2.24) is 0 Å². The van der Waals surface area contributed by atoms with Gasteiger partial charge in [0.25, 0.3) is 0 Å². The third-order valence-corrected chi connectivity index (χ3v) is 1.66. The lowest BCUT2D eigenvalue weighted by atomic mass is 10.1. The first-order valence-corrected chi connectivity index (χ1v) is 5.31. The third kappa shape index (κ3) is 15.2. The maximum atomic E-state index is 10.5. The molecule has 0 bridgehead atoms. The highest BCUT2D eigenvalue weighted by Gasteiger charge is 1.94. The summed E-state index contributed by atoms with van der Waals surface area (Å²) in [5.41, 5.74) is 0.